The van der Waals surface area contributed by atoms with Crippen molar-refractivity contribution in [1.29, 1.82) is 0 Å². The Balaban J connectivity index is 2.51. The monoisotopic (exact) mass is 266 g/mol. The van der Waals surface area contributed by atoms with Gasteiger partial charge in [0.2, 0.25) is 0 Å². The normalized spacial score (nSPS) is 11.4. The minimum absolute atomic E-state index is 0.115. The van der Waals surface area contributed by atoms with Gasteiger partial charge >= 0.3 is 0 Å². The first-order chi connectivity index (χ1) is 8.42. The predicted molar refractivity (Wildman–Crippen MR) is 69.7 cm³/mol. The van der Waals surface area contributed by atoms with Gasteiger partial charge < -0.3 is 5.73 Å². The van der Waals surface area contributed by atoms with E-state index in [-0.39, 0.29) is 10.6 Å². The number of hydrogen-bond donors (Lipinski definition) is 3. The summed E-state index contributed by atoms with van der Waals surface area (Å²) in [5.74, 6) is 0. The van der Waals surface area contributed by atoms with Crippen molar-refractivity contribution in [3.63, 3.8) is 0 Å². The molecule has 1 aromatic heterocycles. The summed E-state index contributed by atoms with van der Waals surface area (Å²) in [6.07, 6.45) is 2.84. The van der Waals surface area contributed by atoms with Gasteiger partial charge in [-0.15, -0.1) is 0 Å². The average molecular weight is 266 g/mol. The topological polar surface area (TPSA) is 101 Å². The number of aryl methyl sites for hydroxylation is 2. The van der Waals surface area contributed by atoms with Gasteiger partial charge in [-0.2, -0.15) is 5.10 Å². The predicted octanol–water partition coefficient (Wildman–Crippen LogP) is 1.41. The third kappa shape index (κ3) is 2.17. The van der Waals surface area contributed by atoms with E-state index in [1.54, 1.807) is 26.0 Å². The minimum atomic E-state index is -3.70. The SMILES string of the molecule is Cc1ccc(C)c(S(=O)(=O)Nc2cn[nH]c2)c1N. The number of hydrogen-bond acceptors (Lipinski definition) is 4. The molecule has 0 unspecified atom stereocenters. The zero-order valence-electron chi connectivity index (χ0n) is 10.1. The van der Waals surface area contributed by atoms with Crippen LogP contribution in [0, 0.1) is 13.8 Å². The van der Waals surface area contributed by atoms with Gasteiger partial charge in [-0.25, -0.2) is 8.42 Å². The molecule has 0 fully saturated rings. The zero-order chi connectivity index (χ0) is 13.3. The number of H-pyrrole nitrogens is 1. The molecule has 0 aliphatic heterocycles. The first-order valence-electron chi connectivity index (χ1n) is 5.29. The van der Waals surface area contributed by atoms with Gasteiger partial charge in [-0.1, -0.05) is 12.1 Å². The number of anilines is 2. The summed E-state index contributed by atoms with van der Waals surface area (Å²) in [6, 6.07) is 3.52. The number of aromatic amines is 1. The molecule has 0 aliphatic carbocycles. The lowest BCUT2D eigenvalue weighted by molar-refractivity contribution is 0.601. The molecule has 0 bridgehead atoms. The third-order valence-corrected chi connectivity index (χ3v) is 4.21. The van der Waals surface area contributed by atoms with Crippen LogP contribution in [0.3, 0.4) is 0 Å². The average Bonchev–Trinajstić information content (AvgIpc) is 2.75. The Bertz CT molecular complexity index is 663. The van der Waals surface area contributed by atoms with E-state index in [1.165, 1.54) is 12.4 Å². The van der Waals surface area contributed by atoms with E-state index in [2.05, 4.69) is 14.9 Å². The van der Waals surface area contributed by atoms with Gasteiger partial charge in [0.1, 0.15) is 4.90 Å². The summed E-state index contributed by atoms with van der Waals surface area (Å²) in [6.45, 7) is 3.48. The molecule has 1 aromatic carbocycles. The highest BCUT2D eigenvalue weighted by molar-refractivity contribution is 7.93. The molecule has 2 rings (SSSR count). The van der Waals surface area contributed by atoms with Crippen LogP contribution in [0.1, 0.15) is 11.1 Å². The van der Waals surface area contributed by atoms with Crippen molar-refractivity contribution in [2.75, 3.05) is 10.5 Å². The van der Waals surface area contributed by atoms with Crippen LogP contribution < -0.4 is 10.5 Å². The van der Waals surface area contributed by atoms with Crippen LogP contribution in [-0.4, -0.2) is 18.6 Å². The maximum Gasteiger partial charge on any atom is 0.264 e. The number of rotatable bonds is 3. The van der Waals surface area contributed by atoms with E-state index in [0.717, 1.165) is 5.56 Å². The van der Waals surface area contributed by atoms with Crippen LogP contribution in [0.25, 0.3) is 0 Å². The van der Waals surface area contributed by atoms with Gasteiger partial charge in [-0.3, -0.25) is 9.82 Å². The molecule has 0 saturated carbocycles. The fourth-order valence-electron chi connectivity index (χ4n) is 1.68. The van der Waals surface area contributed by atoms with Gasteiger partial charge in [0.15, 0.2) is 0 Å². The van der Waals surface area contributed by atoms with E-state index >= 15 is 0 Å². The summed E-state index contributed by atoms with van der Waals surface area (Å²) in [5.41, 5.74) is 7.83. The van der Waals surface area contributed by atoms with Crippen molar-refractivity contribution in [3.8, 4) is 0 Å². The van der Waals surface area contributed by atoms with Gasteiger partial charge in [0.05, 0.1) is 17.6 Å². The van der Waals surface area contributed by atoms with Crippen LogP contribution in [0.15, 0.2) is 29.4 Å². The van der Waals surface area contributed by atoms with Gasteiger partial charge in [-0.05, 0) is 25.0 Å². The maximum atomic E-state index is 12.3. The van der Waals surface area contributed by atoms with Crippen LogP contribution in [0.2, 0.25) is 0 Å². The zero-order valence-corrected chi connectivity index (χ0v) is 10.9. The molecule has 6 nitrogen and oxygen atoms in total. The van der Waals surface area contributed by atoms with E-state index in [9.17, 15) is 8.42 Å². The lowest BCUT2D eigenvalue weighted by Gasteiger charge is -2.13. The van der Waals surface area contributed by atoms with Crippen LogP contribution in [0.5, 0.6) is 0 Å². The summed E-state index contributed by atoms with van der Waals surface area (Å²) in [7, 11) is -3.70. The van der Waals surface area contributed by atoms with Crippen molar-refractivity contribution in [2.24, 2.45) is 0 Å². The smallest absolute Gasteiger partial charge is 0.264 e. The van der Waals surface area contributed by atoms with E-state index in [0.29, 0.717) is 11.3 Å². The van der Waals surface area contributed by atoms with E-state index in [1.807, 2.05) is 0 Å². The molecule has 4 N–H and O–H groups in total. The third-order valence-electron chi connectivity index (χ3n) is 2.63. The van der Waals surface area contributed by atoms with Crippen molar-refractivity contribution < 1.29 is 8.42 Å². The summed E-state index contributed by atoms with van der Waals surface area (Å²) in [5, 5.41) is 6.22. The number of nitrogens with one attached hydrogen (secondary N) is 2. The summed E-state index contributed by atoms with van der Waals surface area (Å²) >= 11 is 0. The number of nitrogens with two attached hydrogens (primary N) is 1. The highest BCUT2D eigenvalue weighted by Crippen LogP contribution is 2.27. The molecular weight excluding hydrogens is 252 g/mol. The molecule has 18 heavy (non-hydrogen) atoms. The highest BCUT2D eigenvalue weighted by atomic mass is 32.2. The van der Waals surface area contributed by atoms with E-state index in [4.69, 9.17) is 5.73 Å². The number of benzene rings is 1. The van der Waals surface area contributed by atoms with Gasteiger partial charge in [0.25, 0.3) is 10.0 Å². The second-order valence-corrected chi connectivity index (χ2v) is 5.65. The Kier molecular flexibility index (Phi) is 3.00. The highest BCUT2D eigenvalue weighted by Gasteiger charge is 2.21. The quantitative estimate of drug-likeness (QED) is 0.731. The molecular formula is C11H14N4O2S. The molecule has 96 valence electrons. The summed E-state index contributed by atoms with van der Waals surface area (Å²) in [4.78, 5) is 0.115. The van der Waals surface area contributed by atoms with Gasteiger partial charge in [0, 0.05) is 6.20 Å². The second kappa shape index (κ2) is 4.34. The first-order valence-corrected chi connectivity index (χ1v) is 6.77. The molecule has 1 heterocycles. The molecule has 0 radical (unpaired) electrons. The Hall–Kier alpha value is -2.02. The van der Waals surface area contributed by atoms with Crippen molar-refractivity contribution in [2.45, 2.75) is 18.7 Å². The molecule has 0 spiro atoms. The Morgan fingerprint density at radius 3 is 2.56 bits per heavy atom. The number of nitrogens with zero attached hydrogens (tertiary/aromatic N) is 1. The van der Waals surface area contributed by atoms with Crippen molar-refractivity contribution in [3.05, 3.63) is 35.7 Å². The molecule has 0 atom stereocenters. The Morgan fingerprint density at radius 1 is 1.28 bits per heavy atom. The second-order valence-electron chi connectivity index (χ2n) is 4.03. The maximum absolute atomic E-state index is 12.3. The first kappa shape index (κ1) is 12.4. The lowest BCUT2D eigenvalue weighted by Crippen LogP contribution is -2.16. The largest absolute Gasteiger partial charge is 0.397 e. The van der Waals surface area contributed by atoms with Crippen molar-refractivity contribution >= 4 is 21.4 Å². The fraction of sp³-hybridized carbons (Fsp3) is 0.182. The standard InChI is InChI=1S/C11H14N4O2S/c1-7-3-4-8(2)11(10(7)12)18(16,17)15-9-5-13-14-6-9/h3-6,15H,12H2,1-2H3,(H,13,14). The number of sulfonamides is 1. The fourth-order valence-corrected chi connectivity index (χ4v) is 3.14. The van der Waals surface area contributed by atoms with Crippen LogP contribution in [-0.2, 0) is 10.0 Å². The lowest BCUT2D eigenvalue weighted by atomic mass is 10.1. The number of nitrogen functional groups attached to an aromatic ring is 1. The molecule has 0 aliphatic rings. The van der Waals surface area contributed by atoms with E-state index < -0.39 is 10.0 Å². The minimum Gasteiger partial charge on any atom is -0.397 e. The Labute approximate surface area is 105 Å². The summed E-state index contributed by atoms with van der Waals surface area (Å²) < 4.78 is 26.9. The molecule has 2 aromatic rings. The molecule has 0 amide bonds. The van der Waals surface area contributed by atoms with Crippen LogP contribution >= 0.6 is 0 Å². The number of aromatic nitrogens is 2. The Morgan fingerprint density at radius 2 is 1.94 bits per heavy atom. The van der Waals surface area contributed by atoms with Crippen LogP contribution in [0.4, 0.5) is 11.4 Å². The van der Waals surface area contributed by atoms with Crippen molar-refractivity contribution in [1.82, 2.24) is 10.2 Å². The molecule has 7 heteroatoms. The molecule has 0 saturated heterocycles.